The second kappa shape index (κ2) is 8.06. The van der Waals surface area contributed by atoms with Crippen LogP contribution in [0.25, 0.3) is 0 Å². The van der Waals surface area contributed by atoms with Crippen molar-refractivity contribution in [2.24, 2.45) is 0 Å². The summed E-state index contributed by atoms with van der Waals surface area (Å²) < 4.78 is 6.02. The second-order valence-corrected chi connectivity index (χ2v) is 5.12. The Kier molecular flexibility index (Phi) is 6.74. The fraction of sp³-hybridized carbons (Fsp3) is 0.417. The van der Waals surface area contributed by atoms with E-state index in [1.807, 2.05) is 25.8 Å². The normalized spacial score (nSPS) is 12.8. The van der Waals surface area contributed by atoms with E-state index in [4.69, 9.17) is 21.7 Å². The van der Waals surface area contributed by atoms with Crippen molar-refractivity contribution < 1.29 is 4.74 Å². The van der Waals surface area contributed by atoms with Crippen LogP contribution < -0.4 is 5.32 Å². The van der Waals surface area contributed by atoms with Crippen LogP contribution in [0.15, 0.2) is 22.6 Å². The van der Waals surface area contributed by atoms with Gasteiger partial charge in [-0.3, -0.25) is 0 Å². The number of allylic oxidation sites excluding steroid dienone is 1. The van der Waals surface area contributed by atoms with Crippen LogP contribution in [0.2, 0.25) is 5.28 Å². The molecule has 20 heavy (non-hydrogen) atoms. The number of nitrogens with one attached hydrogen (secondary N) is 2. The topological polar surface area (TPSA) is 74.1 Å². The van der Waals surface area contributed by atoms with Crippen LogP contribution in [0.5, 0.6) is 0 Å². The Morgan fingerprint density at radius 1 is 1.70 bits per heavy atom. The average Bonchev–Trinajstić information content (AvgIpc) is 2.42. The minimum Gasteiger partial charge on any atom is -0.491 e. The highest BCUT2D eigenvalue weighted by molar-refractivity contribution is 9.10. The number of rotatable bonds is 7. The zero-order chi connectivity index (χ0) is 15.1. The quantitative estimate of drug-likeness (QED) is 0.337. The van der Waals surface area contributed by atoms with Crippen LogP contribution in [-0.4, -0.2) is 40.9 Å². The highest BCUT2D eigenvalue weighted by Crippen LogP contribution is 2.21. The van der Waals surface area contributed by atoms with Gasteiger partial charge in [-0.25, -0.2) is 4.98 Å². The lowest BCUT2D eigenvalue weighted by atomic mass is 10.4. The zero-order valence-electron chi connectivity index (χ0n) is 11.5. The van der Waals surface area contributed by atoms with Crippen LogP contribution in [0.4, 0.5) is 5.82 Å². The Bertz CT molecular complexity index is 497. The Morgan fingerprint density at radius 2 is 2.40 bits per heavy atom. The van der Waals surface area contributed by atoms with Crippen molar-refractivity contribution in [3.63, 3.8) is 0 Å². The molecule has 0 aliphatic heterocycles. The molecule has 0 aliphatic rings. The van der Waals surface area contributed by atoms with Gasteiger partial charge in [0.05, 0.1) is 23.5 Å². The van der Waals surface area contributed by atoms with Crippen LogP contribution in [0, 0.1) is 5.41 Å². The first-order valence-electron chi connectivity index (χ1n) is 5.99. The maximum atomic E-state index is 7.27. The van der Waals surface area contributed by atoms with Crippen molar-refractivity contribution in [1.29, 1.82) is 5.41 Å². The number of hydrogen-bond acceptors (Lipinski definition) is 6. The van der Waals surface area contributed by atoms with Gasteiger partial charge in [-0.1, -0.05) is 0 Å². The van der Waals surface area contributed by atoms with Gasteiger partial charge in [0.15, 0.2) is 5.76 Å². The predicted molar refractivity (Wildman–Crippen MR) is 84.1 cm³/mol. The Morgan fingerprint density at radius 3 is 3.00 bits per heavy atom. The highest BCUT2D eigenvalue weighted by atomic mass is 79.9. The van der Waals surface area contributed by atoms with E-state index in [2.05, 4.69) is 31.2 Å². The van der Waals surface area contributed by atoms with E-state index in [0.29, 0.717) is 18.2 Å². The van der Waals surface area contributed by atoms with Gasteiger partial charge in [0.1, 0.15) is 5.82 Å². The van der Waals surface area contributed by atoms with Crippen molar-refractivity contribution in [2.45, 2.75) is 20.0 Å². The second-order valence-electron chi connectivity index (χ2n) is 3.93. The lowest BCUT2D eigenvalue weighted by molar-refractivity contribution is 0.238. The molecule has 0 saturated carbocycles. The summed E-state index contributed by atoms with van der Waals surface area (Å²) in [6, 6.07) is 0. The van der Waals surface area contributed by atoms with E-state index in [1.165, 1.54) is 6.21 Å². The summed E-state index contributed by atoms with van der Waals surface area (Å²) >= 11 is 9.13. The van der Waals surface area contributed by atoms with E-state index in [1.54, 1.807) is 12.4 Å². The van der Waals surface area contributed by atoms with Gasteiger partial charge in [0.2, 0.25) is 5.28 Å². The number of ether oxygens (including phenoxy) is 1. The van der Waals surface area contributed by atoms with Crippen molar-refractivity contribution in [2.75, 3.05) is 19.0 Å². The molecule has 1 atom stereocenters. The maximum absolute atomic E-state index is 7.27. The number of halogens is 2. The summed E-state index contributed by atoms with van der Waals surface area (Å²) in [6.07, 6.45) is 4.42. The van der Waals surface area contributed by atoms with Gasteiger partial charge in [-0.05, 0) is 41.4 Å². The molecule has 8 heteroatoms. The van der Waals surface area contributed by atoms with Gasteiger partial charge in [0, 0.05) is 19.4 Å². The summed E-state index contributed by atoms with van der Waals surface area (Å²) in [6.45, 7) is 4.34. The number of aromatic nitrogens is 2. The van der Waals surface area contributed by atoms with E-state index in [9.17, 15) is 0 Å². The predicted octanol–water partition coefficient (Wildman–Crippen LogP) is 3.11. The fourth-order valence-electron chi connectivity index (χ4n) is 1.34. The molecule has 1 rings (SSSR count). The van der Waals surface area contributed by atoms with Crippen molar-refractivity contribution >= 4 is 39.6 Å². The SMILES string of the molecule is CCO/C(C=N)=C/N(C)C(C)Nc1nc(Cl)ncc1Br. The summed E-state index contributed by atoms with van der Waals surface area (Å²) in [4.78, 5) is 9.85. The lowest BCUT2D eigenvalue weighted by Crippen LogP contribution is -2.32. The molecular formula is C12H17BrClN5O. The van der Waals surface area contributed by atoms with Gasteiger partial charge in [0.25, 0.3) is 0 Å². The molecule has 1 unspecified atom stereocenters. The zero-order valence-corrected chi connectivity index (χ0v) is 13.9. The molecule has 2 N–H and O–H groups in total. The third-order valence-electron chi connectivity index (χ3n) is 2.46. The molecule has 1 heterocycles. The number of nitrogens with zero attached hydrogens (tertiary/aromatic N) is 3. The molecule has 0 bridgehead atoms. The van der Waals surface area contributed by atoms with E-state index >= 15 is 0 Å². The largest absolute Gasteiger partial charge is 0.491 e. The van der Waals surface area contributed by atoms with Gasteiger partial charge in [-0.2, -0.15) is 4.98 Å². The van der Waals surface area contributed by atoms with Crippen molar-refractivity contribution in [3.05, 3.63) is 27.9 Å². The first kappa shape index (κ1) is 16.7. The van der Waals surface area contributed by atoms with Crippen LogP contribution in [-0.2, 0) is 4.74 Å². The monoisotopic (exact) mass is 361 g/mol. The van der Waals surface area contributed by atoms with Crippen LogP contribution in [0.1, 0.15) is 13.8 Å². The van der Waals surface area contributed by atoms with Crippen LogP contribution >= 0.6 is 27.5 Å². The van der Waals surface area contributed by atoms with E-state index in [0.717, 1.165) is 4.47 Å². The molecule has 110 valence electrons. The molecule has 0 aliphatic carbocycles. The summed E-state index contributed by atoms with van der Waals surface area (Å²) in [5.74, 6) is 1.09. The Labute approximate surface area is 131 Å². The molecule has 0 amide bonds. The Hall–Kier alpha value is -1.34. The minimum absolute atomic E-state index is 0.0762. The minimum atomic E-state index is -0.0762. The maximum Gasteiger partial charge on any atom is 0.224 e. The highest BCUT2D eigenvalue weighted by Gasteiger charge is 2.11. The van der Waals surface area contributed by atoms with E-state index in [-0.39, 0.29) is 11.4 Å². The van der Waals surface area contributed by atoms with Crippen LogP contribution in [0.3, 0.4) is 0 Å². The summed E-state index contributed by atoms with van der Waals surface area (Å²) in [7, 11) is 1.87. The average molecular weight is 363 g/mol. The fourth-order valence-corrected chi connectivity index (χ4v) is 1.78. The lowest BCUT2D eigenvalue weighted by Gasteiger charge is -2.25. The molecule has 0 radical (unpaired) electrons. The molecule has 0 spiro atoms. The van der Waals surface area contributed by atoms with Gasteiger partial charge >= 0.3 is 0 Å². The van der Waals surface area contributed by atoms with Gasteiger partial charge in [-0.15, -0.1) is 0 Å². The summed E-state index contributed by atoms with van der Waals surface area (Å²) in [5, 5.41) is 10.6. The standard InChI is InChI=1S/C12H17BrClN5O/c1-4-20-9(5-15)7-19(3)8(2)17-11-10(13)6-16-12(14)18-11/h5-8,15H,4H2,1-3H3,(H,16,17,18)/b9-7+,15-5?. The molecule has 6 nitrogen and oxygen atoms in total. The third kappa shape index (κ3) is 4.97. The number of hydrogen-bond donors (Lipinski definition) is 2. The van der Waals surface area contributed by atoms with Crippen molar-refractivity contribution in [1.82, 2.24) is 14.9 Å². The molecule has 1 aromatic rings. The Balaban J connectivity index is 2.77. The molecular weight excluding hydrogens is 346 g/mol. The smallest absolute Gasteiger partial charge is 0.224 e. The molecule has 0 fully saturated rings. The van der Waals surface area contributed by atoms with Gasteiger partial charge < -0.3 is 20.4 Å². The number of anilines is 1. The molecule has 0 aromatic carbocycles. The first-order valence-corrected chi connectivity index (χ1v) is 7.16. The third-order valence-corrected chi connectivity index (χ3v) is 3.22. The summed E-state index contributed by atoms with van der Waals surface area (Å²) in [5.41, 5.74) is 0. The molecule has 1 aromatic heterocycles. The van der Waals surface area contributed by atoms with E-state index < -0.39 is 0 Å². The van der Waals surface area contributed by atoms with Crippen molar-refractivity contribution in [3.8, 4) is 0 Å². The first-order chi connectivity index (χ1) is 9.47. The molecule has 0 saturated heterocycles.